The van der Waals surface area contributed by atoms with Gasteiger partial charge >= 0.3 is 6.03 Å². The molecule has 0 bridgehead atoms. The van der Waals surface area contributed by atoms with Crippen LogP contribution in [0.5, 0.6) is 5.75 Å². The van der Waals surface area contributed by atoms with Gasteiger partial charge in [0.05, 0.1) is 12.6 Å². The number of benzene rings is 2. The molecule has 2 aromatic rings. The van der Waals surface area contributed by atoms with Crippen LogP contribution in [0.15, 0.2) is 53.0 Å². The van der Waals surface area contributed by atoms with Gasteiger partial charge in [0.15, 0.2) is 0 Å². The smallest absolute Gasteiger partial charge is 0.319 e. The zero-order chi connectivity index (χ0) is 18.4. The van der Waals surface area contributed by atoms with Crippen molar-refractivity contribution in [1.29, 1.82) is 0 Å². The maximum Gasteiger partial charge on any atom is 0.319 e. The molecule has 0 fully saturated rings. The fraction of sp³-hybridized carbons (Fsp3) is 0.263. The molecule has 3 amide bonds. The number of para-hydroxylation sites is 1. The van der Waals surface area contributed by atoms with E-state index in [1.54, 1.807) is 12.1 Å². The van der Waals surface area contributed by atoms with Gasteiger partial charge in [-0.25, -0.2) is 4.79 Å². The number of fused-ring (bicyclic) bond motifs is 1. The van der Waals surface area contributed by atoms with E-state index in [-0.39, 0.29) is 30.9 Å². The first-order valence-corrected chi connectivity index (χ1v) is 9.22. The van der Waals surface area contributed by atoms with Crippen LogP contribution < -0.4 is 20.7 Å². The number of carbonyl (C=O) groups is 2. The van der Waals surface area contributed by atoms with Crippen LogP contribution in [0, 0.1) is 0 Å². The van der Waals surface area contributed by atoms with Gasteiger partial charge in [-0.3, -0.25) is 4.79 Å². The predicted octanol–water partition coefficient (Wildman–Crippen LogP) is 3.60. The highest BCUT2D eigenvalue weighted by molar-refractivity contribution is 9.10. The average Bonchev–Trinajstić information content (AvgIpc) is 2.64. The Balaban J connectivity index is 1.42. The minimum Gasteiger partial charge on any atom is -0.493 e. The van der Waals surface area contributed by atoms with Crippen LogP contribution in [0.2, 0.25) is 0 Å². The third-order valence-electron chi connectivity index (χ3n) is 4.03. The number of ether oxygens (including phenoxy) is 1. The number of nitrogens with one attached hydrogen (secondary N) is 3. The quantitative estimate of drug-likeness (QED) is 0.694. The molecule has 0 radical (unpaired) electrons. The number of hydrogen-bond acceptors (Lipinski definition) is 3. The fourth-order valence-corrected chi connectivity index (χ4v) is 3.02. The minimum atomic E-state index is -0.337. The first-order chi connectivity index (χ1) is 12.6. The van der Waals surface area contributed by atoms with Crippen molar-refractivity contribution in [2.24, 2.45) is 0 Å². The zero-order valence-electron chi connectivity index (χ0n) is 14.1. The van der Waals surface area contributed by atoms with Crippen molar-refractivity contribution >= 4 is 33.6 Å². The first-order valence-electron chi connectivity index (χ1n) is 8.43. The lowest BCUT2D eigenvalue weighted by molar-refractivity contribution is -0.121. The third kappa shape index (κ3) is 4.98. The van der Waals surface area contributed by atoms with E-state index in [0.29, 0.717) is 12.3 Å². The van der Waals surface area contributed by atoms with Crippen molar-refractivity contribution in [1.82, 2.24) is 10.6 Å². The highest BCUT2D eigenvalue weighted by Gasteiger charge is 2.22. The monoisotopic (exact) mass is 417 g/mol. The highest BCUT2D eigenvalue weighted by atomic mass is 79.9. The zero-order valence-corrected chi connectivity index (χ0v) is 15.7. The van der Waals surface area contributed by atoms with Gasteiger partial charge in [0.2, 0.25) is 5.91 Å². The number of rotatable bonds is 5. The Bertz CT molecular complexity index is 780. The average molecular weight is 418 g/mol. The van der Waals surface area contributed by atoms with Crippen molar-refractivity contribution in [2.45, 2.75) is 18.9 Å². The van der Waals surface area contributed by atoms with E-state index in [2.05, 4.69) is 31.9 Å². The molecule has 7 heteroatoms. The lowest BCUT2D eigenvalue weighted by Gasteiger charge is -2.26. The van der Waals surface area contributed by atoms with Crippen LogP contribution in [-0.2, 0) is 4.79 Å². The van der Waals surface area contributed by atoms with Crippen molar-refractivity contribution < 1.29 is 14.3 Å². The van der Waals surface area contributed by atoms with Crippen LogP contribution in [0.25, 0.3) is 0 Å². The van der Waals surface area contributed by atoms with E-state index >= 15 is 0 Å². The van der Waals surface area contributed by atoms with Gasteiger partial charge < -0.3 is 20.7 Å². The van der Waals surface area contributed by atoms with Crippen molar-refractivity contribution in [3.05, 3.63) is 58.6 Å². The van der Waals surface area contributed by atoms with Crippen LogP contribution in [-0.4, -0.2) is 25.1 Å². The molecule has 1 aliphatic rings. The van der Waals surface area contributed by atoms with Gasteiger partial charge in [0.25, 0.3) is 0 Å². The Hall–Kier alpha value is -2.54. The molecule has 1 heterocycles. The number of hydrogen-bond donors (Lipinski definition) is 3. The van der Waals surface area contributed by atoms with E-state index in [1.807, 2.05) is 36.4 Å². The highest BCUT2D eigenvalue weighted by Crippen LogP contribution is 2.31. The van der Waals surface area contributed by atoms with Crippen LogP contribution in [0.3, 0.4) is 0 Å². The molecule has 6 nitrogen and oxygen atoms in total. The molecule has 0 aliphatic carbocycles. The topological polar surface area (TPSA) is 79.5 Å². The Morgan fingerprint density at radius 2 is 1.88 bits per heavy atom. The summed E-state index contributed by atoms with van der Waals surface area (Å²) in [5, 5.41) is 8.41. The summed E-state index contributed by atoms with van der Waals surface area (Å²) >= 11 is 3.34. The lowest BCUT2D eigenvalue weighted by atomic mass is 10.0. The van der Waals surface area contributed by atoms with Gasteiger partial charge in [0, 0.05) is 35.1 Å². The molecule has 3 rings (SSSR count). The van der Waals surface area contributed by atoms with E-state index < -0.39 is 0 Å². The molecule has 26 heavy (non-hydrogen) atoms. The second kappa shape index (κ2) is 8.71. The van der Waals surface area contributed by atoms with E-state index in [1.165, 1.54) is 0 Å². The fourth-order valence-electron chi connectivity index (χ4n) is 2.76. The SMILES string of the molecule is O=C(CCNC(=O)Nc1ccc(Br)cc1)NC1CCOc2ccccc21. The van der Waals surface area contributed by atoms with Gasteiger partial charge in [-0.15, -0.1) is 0 Å². The first kappa shape index (κ1) is 18.3. The molecular formula is C19H20BrN3O3. The summed E-state index contributed by atoms with van der Waals surface area (Å²) in [5.74, 6) is 0.715. The lowest BCUT2D eigenvalue weighted by Crippen LogP contribution is -2.36. The van der Waals surface area contributed by atoms with Crippen molar-refractivity contribution in [3.8, 4) is 5.75 Å². The number of carbonyl (C=O) groups excluding carboxylic acids is 2. The number of amides is 3. The van der Waals surface area contributed by atoms with E-state index in [4.69, 9.17) is 4.74 Å². The van der Waals surface area contributed by atoms with Crippen LogP contribution >= 0.6 is 15.9 Å². The molecule has 0 saturated heterocycles. The van der Waals surface area contributed by atoms with Crippen LogP contribution in [0.4, 0.5) is 10.5 Å². The Labute approximate surface area is 160 Å². The molecule has 0 saturated carbocycles. The van der Waals surface area contributed by atoms with Gasteiger partial charge in [-0.1, -0.05) is 34.1 Å². The molecule has 1 unspecified atom stereocenters. The number of urea groups is 1. The molecular weight excluding hydrogens is 398 g/mol. The summed E-state index contributed by atoms with van der Waals surface area (Å²) in [6.07, 6.45) is 0.952. The molecule has 136 valence electrons. The third-order valence-corrected chi connectivity index (χ3v) is 4.56. The Morgan fingerprint density at radius 1 is 1.12 bits per heavy atom. The molecule has 2 aromatic carbocycles. The predicted molar refractivity (Wildman–Crippen MR) is 103 cm³/mol. The standard InChI is InChI=1S/C19H20BrN3O3/c20-13-5-7-14(8-6-13)22-19(25)21-11-9-18(24)23-16-10-12-26-17-4-2-1-3-15(16)17/h1-8,16H,9-12H2,(H,23,24)(H2,21,22,25). The van der Waals surface area contributed by atoms with Gasteiger partial charge in [-0.05, 0) is 30.3 Å². The second-order valence-corrected chi connectivity index (χ2v) is 6.85. The molecule has 1 atom stereocenters. The van der Waals surface area contributed by atoms with Crippen molar-refractivity contribution in [2.75, 3.05) is 18.5 Å². The maximum atomic E-state index is 12.2. The summed E-state index contributed by atoms with van der Waals surface area (Å²) in [6.45, 7) is 0.842. The van der Waals surface area contributed by atoms with Gasteiger partial charge in [0.1, 0.15) is 5.75 Å². The van der Waals surface area contributed by atoms with Crippen molar-refractivity contribution in [3.63, 3.8) is 0 Å². The van der Waals surface area contributed by atoms with E-state index in [0.717, 1.165) is 22.2 Å². The minimum absolute atomic E-state index is 0.0518. The molecule has 0 spiro atoms. The number of anilines is 1. The Morgan fingerprint density at radius 3 is 2.69 bits per heavy atom. The maximum absolute atomic E-state index is 12.2. The summed E-state index contributed by atoms with van der Waals surface area (Å²) in [4.78, 5) is 24.0. The number of halogens is 1. The molecule has 0 aromatic heterocycles. The van der Waals surface area contributed by atoms with Gasteiger partial charge in [-0.2, -0.15) is 0 Å². The summed E-state index contributed by atoms with van der Waals surface area (Å²) < 4.78 is 6.53. The van der Waals surface area contributed by atoms with Crippen LogP contribution in [0.1, 0.15) is 24.4 Å². The van der Waals surface area contributed by atoms with E-state index in [9.17, 15) is 9.59 Å². The summed E-state index contributed by atoms with van der Waals surface area (Å²) in [5.41, 5.74) is 1.68. The largest absolute Gasteiger partial charge is 0.493 e. The molecule has 3 N–H and O–H groups in total. The Kier molecular flexibility index (Phi) is 6.12. The summed E-state index contributed by atoms with van der Waals surface area (Å²) in [7, 11) is 0. The normalized spacial score (nSPS) is 15.3. The summed E-state index contributed by atoms with van der Waals surface area (Å²) in [6, 6.07) is 14.6. The molecule has 1 aliphatic heterocycles. The second-order valence-electron chi connectivity index (χ2n) is 5.93.